The molecule has 0 aromatic heterocycles. The molecule has 12 N–H and O–H groups in total. The molecule has 0 amide bonds. The summed E-state index contributed by atoms with van der Waals surface area (Å²) >= 11 is 0. The quantitative estimate of drug-likeness (QED) is 0.102. The minimum atomic E-state index is -1.82. The lowest BCUT2D eigenvalue weighted by Crippen LogP contribution is -2.55. The summed E-state index contributed by atoms with van der Waals surface area (Å²) < 4.78 is 12.5. The van der Waals surface area contributed by atoms with Crippen molar-refractivity contribution in [1.29, 1.82) is 0 Å². The van der Waals surface area contributed by atoms with Gasteiger partial charge in [-0.15, -0.1) is 0 Å². The first-order valence-electron chi connectivity index (χ1n) is 20.1. The standard InChI is InChI=1S/C48H42O14/c49-18-33-44(58)45(59)46(60)48(62-33)39-28(54)13-22(14-29(39)55)36-34(19-1-7-23(50)8-2-19)42-35(20-3-9-24(51)10-4-20)37-27(15-26(53)16-30(37)56)38-41-32(17-31(57)40(36)43(41)42)61-47(38)21-5-11-25(52)12-6-21/h1-17,33-36,38,42,44-60H,18H2/t33-,34-,35+,36-,38+,42+,44-,45+,46-,47-,48-/m1/s1. The van der Waals surface area contributed by atoms with E-state index in [9.17, 15) is 61.3 Å². The normalized spacial score (nSPS) is 28.2. The Morgan fingerprint density at radius 2 is 0.935 bits per heavy atom. The number of aliphatic hydroxyl groups is 4. The molecule has 2 aliphatic carbocycles. The van der Waals surface area contributed by atoms with Gasteiger partial charge in [-0.05, 0) is 88.0 Å². The molecule has 6 aromatic carbocycles. The molecule has 0 spiro atoms. The number of hydrogen-bond donors (Lipinski definition) is 12. The maximum absolute atomic E-state index is 12.4. The zero-order chi connectivity index (χ0) is 43.5. The van der Waals surface area contributed by atoms with Crippen LogP contribution in [0.5, 0.6) is 51.7 Å². The third-order valence-corrected chi connectivity index (χ3v) is 13.3. The summed E-state index contributed by atoms with van der Waals surface area (Å²) in [5.74, 6) is -5.31. The molecule has 4 aliphatic rings. The Kier molecular flexibility index (Phi) is 9.21. The summed E-state index contributed by atoms with van der Waals surface area (Å²) in [4.78, 5) is 0. The highest BCUT2D eigenvalue weighted by Gasteiger charge is 2.56. The van der Waals surface area contributed by atoms with Crippen LogP contribution in [0.1, 0.15) is 97.4 Å². The van der Waals surface area contributed by atoms with Crippen molar-refractivity contribution in [1.82, 2.24) is 0 Å². The monoisotopic (exact) mass is 842 g/mol. The Morgan fingerprint density at radius 3 is 1.53 bits per heavy atom. The largest absolute Gasteiger partial charge is 0.508 e. The van der Waals surface area contributed by atoms with Crippen LogP contribution in [0.2, 0.25) is 0 Å². The summed E-state index contributed by atoms with van der Waals surface area (Å²) in [6, 6.07) is 26.5. The first-order chi connectivity index (χ1) is 29.7. The van der Waals surface area contributed by atoms with E-state index in [0.717, 1.165) is 0 Å². The predicted molar refractivity (Wildman–Crippen MR) is 219 cm³/mol. The maximum Gasteiger partial charge on any atom is 0.135 e. The van der Waals surface area contributed by atoms with Gasteiger partial charge in [0.05, 0.1) is 18.1 Å². The van der Waals surface area contributed by atoms with Crippen molar-refractivity contribution in [3.05, 3.63) is 159 Å². The van der Waals surface area contributed by atoms with Crippen LogP contribution >= 0.6 is 0 Å². The van der Waals surface area contributed by atoms with E-state index in [2.05, 4.69) is 0 Å². The molecule has 6 aromatic rings. The minimum Gasteiger partial charge on any atom is -0.508 e. The summed E-state index contributed by atoms with van der Waals surface area (Å²) in [5.41, 5.74) is 4.54. The van der Waals surface area contributed by atoms with Gasteiger partial charge in [-0.1, -0.05) is 36.4 Å². The number of phenolic OH excluding ortho intramolecular Hbond substituents is 8. The highest BCUT2D eigenvalue weighted by molar-refractivity contribution is 5.73. The zero-order valence-corrected chi connectivity index (χ0v) is 32.6. The molecule has 11 atom stereocenters. The average Bonchev–Trinajstić information content (AvgIpc) is 3.75. The Balaban J connectivity index is 1.27. The average molecular weight is 843 g/mol. The Bertz CT molecular complexity index is 2690. The number of rotatable bonds is 6. The van der Waals surface area contributed by atoms with Gasteiger partial charge in [-0.2, -0.15) is 0 Å². The van der Waals surface area contributed by atoms with Gasteiger partial charge in [-0.3, -0.25) is 0 Å². The van der Waals surface area contributed by atoms with E-state index in [1.165, 1.54) is 60.7 Å². The third kappa shape index (κ3) is 5.90. The van der Waals surface area contributed by atoms with Crippen LogP contribution in [0.4, 0.5) is 0 Å². The zero-order valence-electron chi connectivity index (χ0n) is 32.6. The number of benzene rings is 6. The Morgan fingerprint density at radius 1 is 0.403 bits per heavy atom. The van der Waals surface area contributed by atoms with E-state index >= 15 is 0 Å². The lowest BCUT2D eigenvalue weighted by Gasteiger charge is -2.40. The molecule has 0 saturated carbocycles. The fourth-order valence-corrected chi connectivity index (χ4v) is 10.7. The first-order valence-corrected chi connectivity index (χ1v) is 20.1. The second-order valence-corrected chi connectivity index (χ2v) is 16.6. The molecule has 14 nitrogen and oxygen atoms in total. The molecular weight excluding hydrogens is 801 g/mol. The topological polar surface area (TPSA) is 261 Å². The van der Waals surface area contributed by atoms with E-state index < -0.39 is 84.3 Å². The maximum atomic E-state index is 12.4. The van der Waals surface area contributed by atoms with E-state index in [-0.39, 0.29) is 45.6 Å². The fourth-order valence-electron chi connectivity index (χ4n) is 10.7. The van der Waals surface area contributed by atoms with Crippen molar-refractivity contribution in [3.63, 3.8) is 0 Å². The van der Waals surface area contributed by atoms with Crippen molar-refractivity contribution in [2.24, 2.45) is 0 Å². The second-order valence-electron chi connectivity index (χ2n) is 16.6. The Labute approximate surface area is 353 Å². The molecule has 1 saturated heterocycles. The summed E-state index contributed by atoms with van der Waals surface area (Å²) in [6.45, 7) is -0.738. The van der Waals surface area contributed by atoms with E-state index in [1.54, 1.807) is 42.5 Å². The SMILES string of the molecule is OC[C@H]1O[C@H](c2c(O)cc([C@H]3c4c(O)cc5c6c4[C@H]([C@@H](c4ccc(O)cc4)c4c(O)cc(O)cc4[C@@H]6[C@@H](c4ccc(O)cc4)O5)[C@@H]3c3ccc(O)cc3)cc2O)[C@H](O)[C@@H](O)[C@@H]1O. The molecule has 0 bridgehead atoms. The molecule has 1 fully saturated rings. The van der Waals surface area contributed by atoms with Gasteiger partial charge in [0.1, 0.15) is 88.4 Å². The number of phenols is 8. The molecule has 2 heterocycles. The Hall–Kier alpha value is -6.68. The predicted octanol–water partition coefficient (Wildman–Crippen LogP) is 5.27. The third-order valence-electron chi connectivity index (χ3n) is 13.3. The number of hydrogen-bond acceptors (Lipinski definition) is 14. The summed E-state index contributed by atoms with van der Waals surface area (Å²) in [6.07, 6.45) is -9.02. The van der Waals surface area contributed by atoms with Gasteiger partial charge in [0.25, 0.3) is 0 Å². The highest BCUT2D eigenvalue weighted by Crippen LogP contribution is 2.71. The number of aromatic hydroxyl groups is 8. The second kappa shape index (κ2) is 14.5. The fraction of sp³-hybridized carbons (Fsp3) is 0.250. The van der Waals surface area contributed by atoms with Crippen molar-refractivity contribution < 1.29 is 70.8 Å². The highest BCUT2D eigenvalue weighted by atomic mass is 16.5. The van der Waals surface area contributed by atoms with Gasteiger partial charge in [0.15, 0.2) is 0 Å². The van der Waals surface area contributed by atoms with Crippen LogP contribution in [0.3, 0.4) is 0 Å². The molecule has 62 heavy (non-hydrogen) atoms. The van der Waals surface area contributed by atoms with Crippen molar-refractivity contribution in [3.8, 4) is 51.7 Å². The van der Waals surface area contributed by atoms with Crippen LogP contribution in [0.25, 0.3) is 0 Å². The lowest BCUT2D eigenvalue weighted by atomic mass is 9.69. The minimum absolute atomic E-state index is 0.0110. The van der Waals surface area contributed by atoms with E-state index in [4.69, 9.17) is 9.47 Å². The molecule has 0 unspecified atom stereocenters. The number of fused-ring (bicyclic) bond motifs is 2. The van der Waals surface area contributed by atoms with E-state index in [0.29, 0.717) is 50.3 Å². The van der Waals surface area contributed by atoms with Gasteiger partial charge in [0.2, 0.25) is 0 Å². The number of ether oxygens (including phenoxy) is 2. The van der Waals surface area contributed by atoms with Gasteiger partial charge in [0, 0.05) is 52.5 Å². The van der Waals surface area contributed by atoms with Crippen LogP contribution in [0.15, 0.2) is 103 Å². The van der Waals surface area contributed by atoms with Crippen LogP contribution in [-0.2, 0) is 4.74 Å². The van der Waals surface area contributed by atoms with Crippen molar-refractivity contribution in [2.45, 2.75) is 66.2 Å². The van der Waals surface area contributed by atoms with Crippen molar-refractivity contribution >= 4 is 0 Å². The van der Waals surface area contributed by atoms with Gasteiger partial charge >= 0.3 is 0 Å². The molecule has 318 valence electrons. The molecule has 10 rings (SSSR count). The van der Waals surface area contributed by atoms with Gasteiger partial charge in [-0.25, -0.2) is 0 Å². The first kappa shape index (κ1) is 39.5. The van der Waals surface area contributed by atoms with Crippen LogP contribution < -0.4 is 4.74 Å². The lowest BCUT2D eigenvalue weighted by molar-refractivity contribution is -0.232. The molecule has 0 radical (unpaired) electrons. The summed E-state index contributed by atoms with van der Waals surface area (Å²) in [5, 5.41) is 132. The smallest absolute Gasteiger partial charge is 0.135 e. The summed E-state index contributed by atoms with van der Waals surface area (Å²) in [7, 11) is 0. The van der Waals surface area contributed by atoms with Crippen LogP contribution in [-0.4, -0.2) is 92.3 Å². The molecule has 2 aliphatic heterocycles. The van der Waals surface area contributed by atoms with Crippen LogP contribution in [0, 0.1) is 0 Å². The number of aliphatic hydroxyl groups excluding tert-OH is 4. The molecule has 14 heteroatoms. The van der Waals surface area contributed by atoms with Gasteiger partial charge < -0.3 is 70.8 Å². The molecular formula is C48H42O14. The van der Waals surface area contributed by atoms with E-state index in [1.807, 2.05) is 0 Å². The van der Waals surface area contributed by atoms with Crippen molar-refractivity contribution in [2.75, 3.05) is 6.61 Å².